The smallest absolute Gasteiger partial charge is 0.129 e. The van der Waals surface area contributed by atoms with Crippen LogP contribution < -0.4 is 5.32 Å². The number of halogens is 1. The largest absolute Gasteiger partial charge is 0.387 e. The van der Waals surface area contributed by atoms with Crippen LogP contribution in [0.2, 0.25) is 0 Å². The molecule has 0 aliphatic carbocycles. The molecule has 2 aromatic rings. The van der Waals surface area contributed by atoms with Gasteiger partial charge in [0.1, 0.15) is 5.82 Å². The van der Waals surface area contributed by atoms with E-state index < -0.39 is 6.10 Å². The zero-order valence-electron chi connectivity index (χ0n) is 9.83. The maximum Gasteiger partial charge on any atom is 0.129 e. The van der Waals surface area contributed by atoms with E-state index >= 15 is 0 Å². The molecular weight excluding hydrogens is 235 g/mol. The Bertz CT molecular complexity index is 475. The summed E-state index contributed by atoms with van der Waals surface area (Å²) in [5.41, 5.74) is 0.311. The summed E-state index contributed by atoms with van der Waals surface area (Å²) in [6.07, 6.45) is 2.52. The number of aromatic nitrogens is 3. The summed E-state index contributed by atoms with van der Waals surface area (Å²) >= 11 is 0. The topological polar surface area (TPSA) is 63.0 Å². The molecule has 18 heavy (non-hydrogen) atoms. The van der Waals surface area contributed by atoms with Crippen molar-refractivity contribution in [1.29, 1.82) is 0 Å². The van der Waals surface area contributed by atoms with Gasteiger partial charge in [0.25, 0.3) is 0 Å². The van der Waals surface area contributed by atoms with Gasteiger partial charge in [-0.25, -0.2) is 4.39 Å². The monoisotopic (exact) mass is 250 g/mol. The SMILES string of the molecule is OC(CNCCn1ccnn1)c1ccccc1F. The zero-order chi connectivity index (χ0) is 12.8. The van der Waals surface area contributed by atoms with Crippen LogP contribution in [0, 0.1) is 5.82 Å². The molecule has 0 spiro atoms. The molecule has 0 saturated carbocycles. The molecule has 0 aliphatic rings. The van der Waals surface area contributed by atoms with Crippen molar-refractivity contribution in [2.24, 2.45) is 0 Å². The van der Waals surface area contributed by atoms with Crippen LogP contribution in [0.3, 0.4) is 0 Å². The van der Waals surface area contributed by atoms with Gasteiger partial charge in [0.2, 0.25) is 0 Å². The van der Waals surface area contributed by atoms with Crippen LogP contribution in [-0.4, -0.2) is 33.2 Å². The lowest BCUT2D eigenvalue weighted by molar-refractivity contribution is 0.169. The van der Waals surface area contributed by atoms with Crippen molar-refractivity contribution in [3.05, 3.63) is 48.0 Å². The van der Waals surface area contributed by atoms with E-state index in [0.717, 1.165) is 0 Å². The Morgan fingerprint density at radius 3 is 2.94 bits per heavy atom. The van der Waals surface area contributed by atoms with E-state index in [1.165, 1.54) is 6.07 Å². The molecule has 0 radical (unpaired) electrons. The molecule has 1 heterocycles. The van der Waals surface area contributed by atoms with Gasteiger partial charge >= 0.3 is 0 Å². The highest BCUT2D eigenvalue weighted by Gasteiger charge is 2.11. The first kappa shape index (κ1) is 12.7. The van der Waals surface area contributed by atoms with Crippen molar-refractivity contribution in [3.63, 3.8) is 0 Å². The molecule has 0 bridgehead atoms. The Balaban J connectivity index is 1.75. The Kier molecular flexibility index (Phi) is 4.38. The highest BCUT2D eigenvalue weighted by atomic mass is 19.1. The average Bonchev–Trinajstić information content (AvgIpc) is 2.88. The third-order valence-corrected chi connectivity index (χ3v) is 2.59. The van der Waals surface area contributed by atoms with Gasteiger partial charge in [-0.15, -0.1) is 5.10 Å². The van der Waals surface area contributed by atoms with Gasteiger partial charge in [0.05, 0.1) is 18.8 Å². The third-order valence-electron chi connectivity index (χ3n) is 2.59. The number of aliphatic hydroxyl groups excluding tert-OH is 1. The molecule has 96 valence electrons. The minimum atomic E-state index is -0.845. The molecule has 0 fully saturated rings. The number of nitrogens with zero attached hydrogens (tertiary/aromatic N) is 3. The van der Waals surface area contributed by atoms with E-state index in [4.69, 9.17) is 0 Å². The molecule has 1 aromatic heterocycles. The number of nitrogens with one attached hydrogen (secondary N) is 1. The van der Waals surface area contributed by atoms with E-state index in [9.17, 15) is 9.50 Å². The molecule has 0 saturated heterocycles. The molecule has 2 rings (SSSR count). The molecule has 6 heteroatoms. The molecule has 1 atom stereocenters. The van der Waals surface area contributed by atoms with Gasteiger partial charge in [-0.1, -0.05) is 23.4 Å². The van der Waals surface area contributed by atoms with E-state index in [0.29, 0.717) is 25.2 Å². The van der Waals surface area contributed by atoms with Crippen LogP contribution in [-0.2, 0) is 6.54 Å². The van der Waals surface area contributed by atoms with E-state index in [-0.39, 0.29) is 5.82 Å². The first-order valence-corrected chi connectivity index (χ1v) is 5.74. The number of aliphatic hydroxyl groups is 1. The van der Waals surface area contributed by atoms with Gasteiger partial charge in [-0.2, -0.15) is 0 Å². The minimum Gasteiger partial charge on any atom is -0.387 e. The predicted molar refractivity (Wildman–Crippen MR) is 64.3 cm³/mol. The standard InChI is InChI=1S/C12H15FN4O/c13-11-4-2-1-3-10(11)12(18)9-14-5-7-17-8-6-15-16-17/h1-4,6,8,12,14,18H,5,7,9H2. The minimum absolute atomic E-state index is 0.301. The highest BCUT2D eigenvalue weighted by Crippen LogP contribution is 2.15. The van der Waals surface area contributed by atoms with Gasteiger partial charge in [-0.3, -0.25) is 4.68 Å². The first-order valence-electron chi connectivity index (χ1n) is 5.74. The van der Waals surface area contributed by atoms with E-state index in [1.54, 1.807) is 35.3 Å². The van der Waals surface area contributed by atoms with Crippen LogP contribution in [0.4, 0.5) is 4.39 Å². The van der Waals surface area contributed by atoms with Gasteiger partial charge in [0, 0.05) is 24.8 Å². The molecule has 1 aromatic carbocycles. The summed E-state index contributed by atoms with van der Waals surface area (Å²) in [4.78, 5) is 0. The second-order valence-electron chi connectivity index (χ2n) is 3.91. The van der Waals surface area contributed by atoms with E-state index in [2.05, 4.69) is 15.6 Å². The fourth-order valence-electron chi connectivity index (χ4n) is 1.64. The number of hydrogen-bond acceptors (Lipinski definition) is 4. The Hall–Kier alpha value is -1.79. The fourth-order valence-corrected chi connectivity index (χ4v) is 1.64. The second kappa shape index (κ2) is 6.23. The first-order chi connectivity index (χ1) is 8.77. The quantitative estimate of drug-likeness (QED) is 0.742. The lowest BCUT2D eigenvalue weighted by Gasteiger charge is -2.12. The number of rotatable bonds is 6. The number of hydrogen-bond donors (Lipinski definition) is 2. The van der Waals surface area contributed by atoms with Crippen LogP contribution in [0.5, 0.6) is 0 Å². The summed E-state index contributed by atoms with van der Waals surface area (Å²) in [6.45, 7) is 1.59. The Morgan fingerprint density at radius 1 is 1.39 bits per heavy atom. The normalized spacial score (nSPS) is 12.6. The van der Waals surface area contributed by atoms with Crippen LogP contribution in [0.25, 0.3) is 0 Å². The van der Waals surface area contributed by atoms with Gasteiger partial charge in [-0.05, 0) is 6.07 Å². The molecule has 0 amide bonds. The number of benzene rings is 1. The van der Waals surface area contributed by atoms with Crippen molar-refractivity contribution in [1.82, 2.24) is 20.3 Å². The van der Waals surface area contributed by atoms with Crippen molar-refractivity contribution in [2.75, 3.05) is 13.1 Å². The van der Waals surface area contributed by atoms with Crippen LogP contribution in [0.1, 0.15) is 11.7 Å². The summed E-state index contributed by atoms with van der Waals surface area (Å²) in [5, 5.41) is 20.4. The van der Waals surface area contributed by atoms with Crippen molar-refractivity contribution in [2.45, 2.75) is 12.6 Å². The lowest BCUT2D eigenvalue weighted by Crippen LogP contribution is -2.26. The zero-order valence-corrected chi connectivity index (χ0v) is 9.83. The second-order valence-corrected chi connectivity index (χ2v) is 3.91. The molecule has 2 N–H and O–H groups in total. The summed E-state index contributed by atoms with van der Waals surface area (Å²) < 4.78 is 15.0. The summed E-state index contributed by atoms with van der Waals surface area (Å²) in [7, 11) is 0. The molecule has 5 nitrogen and oxygen atoms in total. The highest BCUT2D eigenvalue weighted by molar-refractivity contribution is 5.19. The van der Waals surface area contributed by atoms with Gasteiger partial charge < -0.3 is 10.4 Å². The molecular formula is C12H15FN4O. The molecule has 0 aliphatic heterocycles. The van der Waals surface area contributed by atoms with Crippen LogP contribution >= 0.6 is 0 Å². The van der Waals surface area contributed by atoms with Crippen LogP contribution in [0.15, 0.2) is 36.7 Å². The summed E-state index contributed by atoms with van der Waals surface area (Å²) in [5.74, 6) is -0.386. The Labute approximate surface area is 104 Å². The van der Waals surface area contributed by atoms with Crippen molar-refractivity contribution in [3.8, 4) is 0 Å². The maximum atomic E-state index is 13.4. The van der Waals surface area contributed by atoms with Gasteiger partial charge in [0.15, 0.2) is 0 Å². The Morgan fingerprint density at radius 2 is 2.22 bits per heavy atom. The average molecular weight is 250 g/mol. The van der Waals surface area contributed by atoms with E-state index in [1.807, 2.05) is 0 Å². The third kappa shape index (κ3) is 3.35. The molecule has 1 unspecified atom stereocenters. The van der Waals surface area contributed by atoms with Crippen molar-refractivity contribution >= 4 is 0 Å². The maximum absolute atomic E-state index is 13.4. The fraction of sp³-hybridized carbons (Fsp3) is 0.333. The van der Waals surface area contributed by atoms with Crippen molar-refractivity contribution < 1.29 is 9.50 Å². The summed E-state index contributed by atoms with van der Waals surface area (Å²) in [6, 6.07) is 6.23. The predicted octanol–water partition coefficient (Wildman–Crippen LogP) is 0.740. The lowest BCUT2D eigenvalue weighted by atomic mass is 10.1.